The molecule has 1 aliphatic heterocycles. The normalized spacial score (nSPS) is 18.9. The first-order valence-corrected chi connectivity index (χ1v) is 7.09. The van der Waals surface area contributed by atoms with Crippen LogP contribution in [0, 0.1) is 0 Å². The number of esters is 1. The third-order valence-corrected chi connectivity index (χ3v) is 3.08. The van der Waals surface area contributed by atoms with Crippen molar-refractivity contribution in [2.24, 2.45) is 0 Å². The number of alkyl carbamates (subject to hydrolysis) is 1. The van der Waals surface area contributed by atoms with Crippen molar-refractivity contribution in [1.29, 1.82) is 0 Å². The SMILES string of the molecule is COC(=O)[C@H]1CCCCN1C(=O)CNC(=O)OC(C)(C)C. The van der Waals surface area contributed by atoms with Crippen molar-refractivity contribution in [1.82, 2.24) is 10.2 Å². The molecule has 1 aliphatic rings. The first-order valence-electron chi connectivity index (χ1n) is 7.09. The number of piperidine rings is 1. The van der Waals surface area contributed by atoms with E-state index in [1.165, 1.54) is 12.0 Å². The van der Waals surface area contributed by atoms with Gasteiger partial charge in [-0.1, -0.05) is 0 Å². The smallest absolute Gasteiger partial charge is 0.408 e. The second-order valence-electron chi connectivity index (χ2n) is 5.98. The average molecular weight is 300 g/mol. The molecule has 0 aromatic rings. The number of nitrogens with zero attached hydrogens (tertiary/aromatic N) is 1. The van der Waals surface area contributed by atoms with Crippen LogP contribution in [-0.4, -0.2) is 54.7 Å². The molecule has 0 bridgehead atoms. The fraction of sp³-hybridized carbons (Fsp3) is 0.786. The summed E-state index contributed by atoms with van der Waals surface area (Å²) in [5.74, 6) is -0.726. The lowest BCUT2D eigenvalue weighted by atomic mass is 10.0. The minimum Gasteiger partial charge on any atom is -0.467 e. The minimum atomic E-state index is -0.650. The lowest BCUT2D eigenvalue weighted by Gasteiger charge is -2.33. The van der Waals surface area contributed by atoms with E-state index in [0.717, 1.165) is 12.8 Å². The van der Waals surface area contributed by atoms with E-state index in [4.69, 9.17) is 9.47 Å². The molecule has 1 N–H and O–H groups in total. The third kappa shape index (κ3) is 5.61. The number of rotatable bonds is 3. The van der Waals surface area contributed by atoms with Crippen LogP contribution in [-0.2, 0) is 19.1 Å². The monoisotopic (exact) mass is 300 g/mol. The van der Waals surface area contributed by atoms with E-state index in [0.29, 0.717) is 13.0 Å². The Balaban J connectivity index is 2.53. The summed E-state index contributed by atoms with van der Waals surface area (Å²) >= 11 is 0. The number of likely N-dealkylation sites (tertiary alicyclic amines) is 1. The molecular weight excluding hydrogens is 276 g/mol. The maximum absolute atomic E-state index is 12.1. The third-order valence-electron chi connectivity index (χ3n) is 3.08. The molecule has 0 aromatic carbocycles. The van der Waals surface area contributed by atoms with E-state index >= 15 is 0 Å². The quantitative estimate of drug-likeness (QED) is 0.788. The van der Waals surface area contributed by atoms with E-state index < -0.39 is 23.7 Å². The highest BCUT2D eigenvalue weighted by molar-refractivity contribution is 5.87. The Morgan fingerprint density at radius 2 is 1.90 bits per heavy atom. The Bertz CT molecular complexity index is 403. The van der Waals surface area contributed by atoms with Crippen molar-refractivity contribution >= 4 is 18.0 Å². The Morgan fingerprint density at radius 3 is 2.48 bits per heavy atom. The van der Waals surface area contributed by atoms with E-state index in [1.54, 1.807) is 20.8 Å². The van der Waals surface area contributed by atoms with Gasteiger partial charge in [0.25, 0.3) is 0 Å². The Hall–Kier alpha value is -1.79. The van der Waals surface area contributed by atoms with Gasteiger partial charge < -0.3 is 19.7 Å². The molecule has 0 radical (unpaired) electrons. The molecule has 2 amide bonds. The van der Waals surface area contributed by atoms with E-state index in [9.17, 15) is 14.4 Å². The molecule has 1 fully saturated rings. The molecule has 7 nitrogen and oxygen atoms in total. The van der Waals surface area contributed by atoms with Crippen molar-refractivity contribution in [3.8, 4) is 0 Å². The largest absolute Gasteiger partial charge is 0.467 e. The molecule has 1 rings (SSSR count). The van der Waals surface area contributed by atoms with Gasteiger partial charge in [-0.25, -0.2) is 9.59 Å². The first kappa shape index (κ1) is 17.3. The fourth-order valence-electron chi connectivity index (χ4n) is 2.17. The molecule has 1 atom stereocenters. The molecule has 0 unspecified atom stereocenters. The van der Waals surface area contributed by atoms with Gasteiger partial charge in [-0.15, -0.1) is 0 Å². The topological polar surface area (TPSA) is 84.9 Å². The van der Waals surface area contributed by atoms with Crippen LogP contribution in [0.2, 0.25) is 0 Å². The predicted molar refractivity (Wildman–Crippen MR) is 75.6 cm³/mol. The summed E-state index contributed by atoms with van der Waals surface area (Å²) in [5.41, 5.74) is -0.618. The van der Waals surface area contributed by atoms with Gasteiger partial charge in [0.2, 0.25) is 5.91 Å². The molecule has 0 saturated carbocycles. The standard InChI is InChI=1S/C14H24N2O5/c1-14(2,3)21-13(19)15-9-11(17)16-8-6-5-7-10(16)12(18)20-4/h10H,5-9H2,1-4H3,(H,15,19)/t10-/m1/s1. The number of amides is 2. The molecule has 21 heavy (non-hydrogen) atoms. The lowest BCUT2D eigenvalue weighted by molar-refractivity contribution is -0.154. The number of hydrogen-bond acceptors (Lipinski definition) is 5. The van der Waals surface area contributed by atoms with Crippen molar-refractivity contribution in [2.45, 2.75) is 51.7 Å². The van der Waals surface area contributed by atoms with Gasteiger partial charge in [-0.05, 0) is 40.0 Å². The van der Waals surface area contributed by atoms with Crippen molar-refractivity contribution < 1.29 is 23.9 Å². The van der Waals surface area contributed by atoms with Crippen LogP contribution < -0.4 is 5.32 Å². The average Bonchev–Trinajstić information content (AvgIpc) is 2.42. The van der Waals surface area contributed by atoms with Gasteiger partial charge in [0.15, 0.2) is 0 Å². The second kappa shape index (κ2) is 7.28. The molecule has 0 aliphatic carbocycles. The molecule has 0 aromatic heterocycles. The van der Waals surface area contributed by atoms with Crippen LogP contribution in [0.3, 0.4) is 0 Å². The highest BCUT2D eigenvalue weighted by Gasteiger charge is 2.32. The molecule has 120 valence electrons. The van der Waals surface area contributed by atoms with E-state index in [-0.39, 0.29) is 12.5 Å². The number of carbonyl (C=O) groups excluding carboxylic acids is 3. The Kier molecular flexibility index (Phi) is 5.99. The van der Waals surface area contributed by atoms with Gasteiger partial charge in [-0.3, -0.25) is 4.79 Å². The van der Waals surface area contributed by atoms with Crippen LogP contribution in [0.5, 0.6) is 0 Å². The zero-order chi connectivity index (χ0) is 16.0. The lowest BCUT2D eigenvalue weighted by Crippen LogP contribution is -2.51. The van der Waals surface area contributed by atoms with Crippen molar-refractivity contribution in [3.63, 3.8) is 0 Å². The van der Waals surface area contributed by atoms with Crippen LogP contribution in [0.4, 0.5) is 4.79 Å². The second-order valence-corrected chi connectivity index (χ2v) is 5.98. The molecule has 0 spiro atoms. The van der Waals surface area contributed by atoms with Gasteiger partial charge in [-0.2, -0.15) is 0 Å². The van der Waals surface area contributed by atoms with Gasteiger partial charge >= 0.3 is 12.1 Å². The van der Waals surface area contributed by atoms with Crippen LogP contribution in [0.1, 0.15) is 40.0 Å². The fourth-order valence-corrected chi connectivity index (χ4v) is 2.17. The molecule has 1 saturated heterocycles. The predicted octanol–water partition coefficient (Wildman–Crippen LogP) is 1.07. The van der Waals surface area contributed by atoms with Crippen molar-refractivity contribution in [3.05, 3.63) is 0 Å². The summed E-state index contributed by atoms with van der Waals surface area (Å²) in [4.78, 5) is 36.8. The zero-order valence-electron chi connectivity index (χ0n) is 13.1. The van der Waals surface area contributed by atoms with Crippen LogP contribution in [0.25, 0.3) is 0 Å². The van der Waals surface area contributed by atoms with Gasteiger partial charge in [0, 0.05) is 6.54 Å². The summed E-state index contributed by atoms with van der Waals surface area (Å²) in [7, 11) is 1.30. The highest BCUT2D eigenvalue weighted by atomic mass is 16.6. The number of methoxy groups -OCH3 is 1. The van der Waals surface area contributed by atoms with E-state index in [2.05, 4.69) is 5.32 Å². The summed E-state index contributed by atoms with van der Waals surface area (Å²) in [5, 5.41) is 2.41. The minimum absolute atomic E-state index is 0.192. The summed E-state index contributed by atoms with van der Waals surface area (Å²) in [6.45, 7) is 5.53. The Morgan fingerprint density at radius 1 is 1.24 bits per heavy atom. The summed E-state index contributed by atoms with van der Waals surface area (Å²) in [6.07, 6.45) is 1.65. The number of carbonyl (C=O) groups is 3. The number of ether oxygens (including phenoxy) is 2. The molecule has 1 heterocycles. The maximum Gasteiger partial charge on any atom is 0.408 e. The van der Waals surface area contributed by atoms with Crippen LogP contribution in [0.15, 0.2) is 0 Å². The molecular formula is C14H24N2O5. The molecule has 7 heteroatoms. The maximum atomic E-state index is 12.1. The van der Waals surface area contributed by atoms with E-state index in [1.807, 2.05) is 0 Å². The highest BCUT2D eigenvalue weighted by Crippen LogP contribution is 2.18. The Labute approximate surface area is 124 Å². The number of nitrogens with one attached hydrogen (secondary N) is 1. The summed E-state index contributed by atoms with van der Waals surface area (Å²) < 4.78 is 9.78. The first-order chi connectivity index (χ1) is 9.74. The van der Waals surface area contributed by atoms with Gasteiger partial charge in [0.05, 0.1) is 7.11 Å². The van der Waals surface area contributed by atoms with Crippen molar-refractivity contribution in [2.75, 3.05) is 20.2 Å². The summed E-state index contributed by atoms with van der Waals surface area (Å²) in [6, 6.07) is -0.559. The van der Waals surface area contributed by atoms with Crippen LogP contribution >= 0.6 is 0 Å². The number of hydrogen-bond donors (Lipinski definition) is 1. The van der Waals surface area contributed by atoms with Gasteiger partial charge in [0.1, 0.15) is 18.2 Å². The zero-order valence-corrected chi connectivity index (χ0v) is 13.1.